The summed E-state index contributed by atoms with van der Waals surface area (Å²) in [4.78, 5) is 12.9. The number of allylic oxidation sites excluding steroid dienone is 1. The van der Waals surface area contributed by atoms with Gasteiger partial charge >= 0.3 is 0 Å². The molecule has 23 heavy (non-hydrogen) atoms. The third-order valence-electron chi connectivity index (χ3n) is 6.92. The first-order chi connectivity index (χ1) is 10.6. The number of aliphatic hydroxyl groups excluding tert-OH is 1. The summed E-state index contributed by atoms with van der Waals surface area (Å²) >= 11 is 0. The fraction of sp³-hybridized carbons (Fsp3) is 0.824. The monoisotopic (exact) mass is 341 g/mol. The number of nitrogens with zero attached hydrogens (tertiary/aromatic N) is 1. The molecule has 5 nitrogen and oxygen atoms in total. The number of carbonyl (C=O) groups is 1. The first-order valence-electron chi connectivity index (χ1n) is 8.45. The lowest BCUT2D eigenvalue weighted by Gasteiger charge is -2.37. The van der Waals surface area contributed by atoms with Crippen molar-refractivity contribution in [3.63, 3.8) is 0 Å². The van der Waals surface area contributed by atoms with E-state index in [0.717, 1.165) is 23.6 Å². The maximum Gasteiger partial charge on any atom is 0.242 e. The number of amides is 1. The van der Waals surface area contributed by atoms with Crippen molar-refractivity contribution in [2.45, 2.75) is 59.1 Å². The van der Waals surface area contributed by atoms with Crippen molar-refractivity contribution in [3.05, 3.63) is 12.2 Å². The molecule has 2 aliphatic carbocycles. The molecule has 0 aromatic heterocycles. The number of carbonyl (C=O) groups excluding carboxylic acids is 1. The molecule has 0 aromatic rings. The molecule has 1 N–H and O–H groups in total. The predicted molar refractivity (Wildman–Crippen MR) is 88.0 cm³/mol. The van der Waals surface area contributed by atoms with Crippen LogP contribution in [0.1, 0.15) is 47.0 Å². The second kappa shape index (κ2) is 5.06. The van der Waals surface area contributed by atoms with Gasteiger partial charge in [-0.1, -0.05) is 32.9 Å². The van der Waals surface area contributed by atoms with Crippen LogP contribution in [0, 0.1) is 22.7 Å². The average Bonchev–Trinajstić information content (AvgIpc) is 2.93. The van der Waals surface area contributed by atoms with E-state index in [-0.39, 0.29) is 22.6 Å². The van der Waals surface area contributed by atoms with Crippen LogP contribution in [0.3, 0.4) is 0 Å². The lowest BCUT2D eigenvalue weighted by Crippen LogP contribution is -2.47. The summed E-state index contributed by atoms with van der Waals surface area (Å²) < 4.78 is 26.7. The third-order valence-corrected chi connectivity index (χ3v) is 8.83. The van der Waals surface area contributed by atoms with Crippen LogP contribution >= 0.6 is 0 Å². The smallest absolute Gasteiger partial charge is 0.242 e. The molecular formula is C17H27NO4S. The molecule has 1 saturated heterocycles. The van der Waals surface area contributed by atoms with Gasteiger partial charge in [0.1, 0.15) is 0 Å². The Labute approximate surface area is 138 Å². The molecule has 0 unspecified atom stereocenters. The summed E-state index contributed by atoms with van der Waals surface area (Å²) in [6.45, 7) is 7.69. The van der Waals surface area contributed by atoms with Gasteiger partial charge in [0, 0.05) is 5.41 Å². The van der Waals surface area contributed by atoms with Crippen molar-refractivity contribution in [2.75, 3.05) is 5.75 Å². The minimum atomic E-state index is -3.61. The fourth-order valence-electron chi connectivity index (χ4n) is 5.29. The maximum absolute atomic E-state index is 12.9. The van der Waals surface area contributed by atoms with Gasteiger partial charge in [0.15, 0.2) is 0 Å². The molecule has 1 amide bonds. The highest BCUT2D eigenvalue weighted by atomic mass is 32.2. The van der Waals surface area contributed by atoms with Crippen molar-refractivity contribution in [1.82, 2.24) is 4.31 Å². The van der Waals surface area contributed by atoms with E-state index in [9.17, 15) is 18.3 Å². The Balaban J connectivity index is 1.96. The largest absolute Gasteiger partial charge is 0.388 e. The van der Waals surface area contributed by atoms with Crippen LogP contribution in [0.5, 0.6) is 0 Å². The predicted octanol–water partition coefficient (Wildman–Crippen LogP) is 1.93. The van der Waals surface area contributed by atoms with Gasteiger partial charge in [-0.3, -0.25) is 4.79 Å². The van der Waals surface area contributed by atoms with Crippen molar-refractivity contribution in [3.8, 4) is 0 Å². The van der Waals surface area contributed by atoms with Crippen molar-refractivity contribution in [1.29, 1.82) is 0 Å². The maximum atomic E-state index is 12.9. The molecule has 3 aliphatic rings. The summed E-state index contributed by atoms with van der Waals surface area (Å²) in [6, 6.07) is -0.228. The van der Waals surface area contributed by atoms with Gasteiger partial charge in [0.2, 0.25) is 15.9 Å². The van der Waals surface area contributed by atoms with E-state index < -0.39 is 28.0 Å². The zero-order chi connectivity index (χ0) is 17.2. The van der Waals surface area contributed by atoms with Gasteiger partial charge in [-0.25, -0.2) is 12.7 Å². The number of hydrogen-bond donors (Lipinski definition) is 1. The Morgan fingerprint density at radius 2 is 2.04 bits per heavy atom. The Morgan fingerprint density at radius 3 is 2.61 bits per heavy atom. The molecule has 2 saturated carbocycles. The Hall–Kier alpha value is -0.880. The molecule has 1 spiro atoms. The van der Waals surface area contributed by atoms with E-state index in [1.807, 2.05) is 0 Å². The SMILES string of the molecule is C/C=C/[C@H](O)[C@H](C)C(=O)N1[C@@H]2C[C@H]3CC[C@]2(CS1(=O)=O)C3(C)C. The zero-order valence-electron chi connectivity index (χ0n) is 14.3. The lowest BCUT2D eigenvalue weighted by atomic mass is 9.69. The molecular weight excluding hydrogens is 314 g/mol. The fourth-order valence-corrected chi connectivity index (χ4v) is 7.90. The summed E-state index contributed by atoms with van der Waals surface area (Å²) in [7, 11) is -3.61. The summed E-state index contributed by atoms with van der Waals surface area (Å²) in [5.41, 5.74) is -0.359. The molecule has 3 rings (SSSR count). The van der Waals surface area contributed by atoms with Gasteiger partial charge in [0.05, 0.1) is 23.8 Å². The molecule has 0 aromatic carbocycles. The highest BCUT2D eigenvalue weighted by molar-refractivity contribution is 7.90. The molecule has 0 radical (unpaired) electrons. The topological polar surface area (TPSA) is 74.7 Å². The van der Waals surface area contributed by atoms with Gasteiger partial charge in [-0.2, -0.15) is 0 Å². The first kappa shape index (κ1) is 17.0. The second-order valence-corrected chi connectivity index (χ2v) is 9.91. The van der Waals surface area contributed by atoms with Crippen LogP contribution in [0.15, 0.2) is 12.2 Å². The van der Waals surface area contributed by atoms with Gasteiger partial charge in [-0.05, 0) is 37.5 Å². The molecule has 6 heteroatoms. The lowest BCUT2D eigenvalue weighted by molar-refractivity contribution is -0.135. The van der Waals surface area contributed by atoms with E-state index in [1.54, 1.807) is 19.9 Å². The van der Waals surface area contributed by atoms with Crippen LogP contribution in [0.4, 0.5) is 0 Å². The van der Waals surface area contributed by atoms with E-state index in [0.29, 0.717) is 5.92 Å². The number of aliphatic hydroxyl groups is 1. The summed E-state index contributed by atoms with van der Waals surface area (Å²) in [5, 5.41) is 10.1. The molecule has 2 bridgehead atoms. The van der Waals surface area contributed by atoms with Gasteiger partial charge in [-0.15, -0.1) is 0 Å². The van der Waals surface area contributed by atoms with E-state index >= 15 is 0 Å². The molecule has 1 heterocycles. The highest BCUT2D eigenvalue weighted by Crippen LogP contribution is 2.70. The van der Waals surface area contributed by atoms with E-state index in [4.69, 9.17) is 0 Å². The molecule has 130 valence electrons. The average molecular weight is 341 g/mol. The summed E-state index contributed by atoms with van der Waals surface area (Å²) in [5.74, 6) is -0.653. The van der Waals surface area contributed by atoms with Gasteiger partial charge < -0.3 is 5.11 Å². The van der Waals surface area contributed by atoms with Crippen LogP contribution in [0.25, 0.3) is 0 Å². The molecule has 5 atom stereocenters. The molecule has 1 aliphatic heterocycles. The molecule has 3 fully saturated rings. The Morgan fingerprint density at radius 1 is 1.39 bits per heavy atom. The summed E-state index contributed by atoms with van der Waals surface area (Å²) in [6.07, 6.45) is 4.96. The zero-order valence-corrected chi connectivity index (χ0v) is 15.1. The minimum absolute atomic E-state index is 0.0507. The van der Waals surface area contributed by atoms with Crippen LogP contribution in [-0.4, -0.2) is 41.6 Å². The third kappa shape index (κ3) is 2.07. The van der Waals surface area contributed by atoms with E-state index in [2.05, 4.69) is 13.8 Å². The van der Waals surface area contributed by atoms with Crippen LogP contribution in [0.2, 0.25) is 0 Å². The second-order valence-electron chi connectivity index (χ2n) is 8.06. The normalized spacial score (nSPS) is 39.6. The highest BCUT2D eigenvalue weighted by Gasteiger charge is 2.72. The Kier molecular flexibility index (Phi) is 3.73. The number of sulfonamides is 1. The number of fused-ring (bicyclic) bond motifs is 1. The van der Waals surface area contributed by atoms with Crippen LogP contribution < -0.4 is 0 Å². The van der Waals surface area contributed by atoms with Gasteiger partial charge in [0.25, 0.3) is 0 Å². The Bertz CT molecular complexity index is 654. The quantitative estimate of drug-likeness (QED) is 0.796. The van der Waals surface area contributed by atoms with E-state index in [1.165, 1.54) is 6.08 Å². The van der Waals surface area contributed by atoms with Crippen molar-refractivity contribution >= 4 is 15.9 Å². The first-order valence-corrected chi connectivity index (χ1v) is 10.1. The standard InChI is InChI=1S/C17H27NO4S/c1-5-6-13(19)11(2)15(20)18-14-9-12-7-8-17(14,16(12,3)4)10-23(18,21)22/h5-6,11-14,19H,7-10H2,1-4H3/b6-5+/t11-,12+,13-,14+,17+/m0/s1. The van der Waals surface area contributed by atoms with Crippen molar-refractivity contribution < 1.29 is 18.3 Å². The number of rotatable bonds is 3. The minimum Gasteiger partial charge on any atom is -0.388 e. The number of hydrogen-bond acceptors (Lipinski definition) is 4. The van der Waals surface area contributed by atoms with Crippen LogP contribution in [-0.2, 0) is 14.8 Å². The van der Waals surface area contributed by atoms with Crippen molar-refractivity contribution in [2.24, 2.45) is 22.7 Å².